The van der Waals surface area contributed by atoms with Gasteiger partial charge in [0.05, 0.1) is 15.0 Å². The minimum absolute atomic E-state index is 0.0925. The van der Waals surface area contributed by atoms with E-state index in [0.29, 0.717) is 5.56 Å². The molecule has 0 radical (unpaired) electrons. The van der Waals surface area contributed by atoms with E-state index in [2.05, 4.69) is 31.9 Å². The monoisotopic (exact) mass is 311 g/mol. The highest BCUT2D eigenvalue weighted by Gasteiger charge is 2.18. The van der Waals surface area contributed by atoms with Crippen LogP contribution in [-0.2, 0) is 5.33 Å². The minimum atomic E-state index is -0.541. The van der Waals surface area contributed by atoms with Crippen molar-refractivity contribution in [1.82, 2.24) is 0 Å². The number of halogens is 3. The lowest BCUT2D eigenvalue weighted by molar-refractivity contribution is -0.385. The van der Waals surface area contributed by atoms with Gasteiger partial charge in [0.15, 0.2) is 0 Å². The van der Waals surface area contributed by atoms with E-state index in [9.17, 15) is 14.5 Å². The summed E-state index contributed by atoms with van der Waals surface area (Å²) in [7, 11) is 0. The minimum Gasteiger partial charge on any atom is -0.258 e. The number of nitro groups is 1. The summed E-state index contributed by atoms with van der Waals surface area (Å²) in [5.41, 5.74) is 0.218. The second kappa shape index (κ2) is 4.15. The summed E-state index contributed by atoms with van der Waals surface area (Å²) < 4.78 is 13.1. The number of nitro benzene ring substituents is 1. The van der Waals surface area contributed by atoms with E-state index in [1.54, 1.807) is 0 Å². The predicted octanol–water partition coefficient (Wildman–Crippen LogP) is 3.39. The fourth-order valence-corrected chi connectivity index (χ4v) is 2.30. The third-order valence-corrected chi connectivity index (χ3v) is 2.92. The number of hydrogen-bond acceptors (Lipinski definition) is 2. The Hall–Kier alpha value is -0.490. The van der Waals surface area contributed by atoms with Gasteiger partial charge in [-0.2, -0.15) is 0 Å². The molecule has 13 heavy (non-hydrogen) atoms. The quantitative estimate of drug-likeness (QED) is 0.477. The summed E-state index contributed by atoms with van der Waals surface area (Å²) in [6.45, 7) is 0. The number of hydrogen-bond donors (Lipinski definition) is 0. The van der Waals surface area contributed by atoms with Gasteiger partial charge >= 0.3 is 0 Å². The van der Waals surface area contributed by atoms with Crippen LogP contribution >= 0.6 is 31.9 Å². The van der Waals surface area contributed by atoms with Crippen molar-refractivity contribution in [2.45, 2.75) is 5.33 Å². The Morgan fingerprint density at radius 3 is 2.62 bits per heavy atom. The van der Waals surface area contributed by atoms with Crippen LogP contribution in [0.1, 0.15) is 5.56 Å². The van der Waals surface area contributed by atoms with Crippen molar-refractivity contribution in [2.24, 2.45) is 0 Å². The third kappa shape index (κ3) is 2.05. The molecule has 0 N–H and O–H groups in total. The van der Waals surface area contributed by atoms with Crippen LogP contribution in [0, 0.1) is 15.9 Å². The normalized spacial score (nSPS) is 10.1. The molecule has 0 amide bonds. The average Bonchev–Trinajstić information content (AvgIpc) is 2.09. The van der Waals surface area contributed by atoms with Gasteiger partial charge in [0.2, 0.25) is 0 Å². The van der Waals surface area contributed by atoms with Crippen LogP contribution in [-0.4, -0.2) is 4.92 Å². The third-order valence-electron chi connectivity index (χ3n) is 1.50. The zero-order valence-corrected chi connectivity index (χ0v) is 9.43. The van der Waals surface area contributed by atoms with E-state index >= 15 is 0 Å². The van der Waals surface area contributed by atoms with Gasteiger partial charge in [0.25, 0.3) is 5.69 Å². The van der Waals surface area contributed by atoms with Crippen LogP contribution in [0.15, 0.2) is 16.6 Å². The van der Waals surface area contributed by atoms with E-state index in [-0.39, 0.29) is 15.5 Å². The van der Waals surface area contributed by atoms with Crippen molar-refractivity contribution >= 4 is 37.5 Å². The second-order valence-electron chi connectivity index (χ2n) is 2.25. The first-order valence-electron chi connectivity index (χ1n) is 3.25. The molecule has 0 aromatic heterocycles. The number of alkyl halides is 1. The zero-order chi connectivity index (χ0) is 10.0. The molecular weight excluding hydrogens is 309 g/mol. The lowest BCUT2D eigenvalue weighted by Gasteiger charge is -2.02. The Kier molecular flexibility index (Phi) is 3.38. The van der Waals surface area contributed by atoms with E-state index in [1.807, 2.05) is 0 Å². The van der Waals surface area contributed by atoms with Crippen LogP contribution in [0.3, 0.4) is 0 Å². The van der Waals surface area contributed by atoms with Gasteiger partial charge in [-0.1, -0.05) is 15.9 Å². The molecule has 0 heterocycles. The molecule has 1 aromatic rings. The first-order chi connectivity index (χ1) is 6.07. The Morgan fingerprint density at radius 1 is 1.54 bits per heavy atom. The number of nitrogens with zero attached hydrogens (tertiary/aromatic N) is 1. The molecule has 70 valence electrons. The lowest BCUT2D eigenvalue weighted by atomic mass is 10.2. The van der Waals surface area contributed by atoms with Crippen LogP contribution in [0.4, 0.5) is 10.1 Å². The second-order valence-corrected chi connectivity index (χ2v) is 3.60. The highest BCUT2D eigenvalue weighted by molar-refractivity contribution is 9.10. The fraction of sp³-hybridized carbons (Fsp3) is 0.143. The smallest absolute Gasteiger partial charge is 0.258 e. The van der Waals surface area contributed by atoms with Crippen molar-refractivity contribution in [3.8, 4) is 0 Å². The molecule has 0 atom stereocenters. The van der Waals surface area contributed by atoms with Gasteiger partial charge < -0.3 is 0 Å². The van der Waals surface area contributed by atoms with Gasteiger partial charge in [0.1, 0.15) is 5.82 Å². The van der Waals surface area contributed by atoms with Gasteiger partial charge in [-0.15, -0.1) is 0 Å². The molecule has 0 aliphatic heterocycles. The van der Waals surface area contributed by atoms with E-state index in [0.717, 1.165) is 12.1 Å². The lowest BCUT2D eigenvalue weighted by Crippen LogP contribution is -1.96. The summed E-state index contributed by atoms with van der Waals surface area (Å²) in [6, 6.07) is 2.21. The first-order valence-corrected chi connectivity index (χ1v) is 5.16. The van der Waals surface area contributed by atoms with Gasteiger partial charge in [-0.3, -0.25) is 10.1 Å². The molecule has 0 aliphatic carbocycles. The molecule has 0 aliphatic rings. The van der Waals surface area contributed by atoms with Crippen molar-refractivity contribution in [1.29, 1.82) is 0 Å². The Morgan fingerprint density at radius 2 is 2.15 bits per heavy atom. The maximum atomic E-state index is 12.9. The zero-order valence-electron chi connectivity index (χ0n) is 6.26. The molecule has 0 bridgehead atoms. The molecular formula is C7H4Br2FNO2. The highest BCUT2D eigenvalue weighted by Crippen LogP contribution is 2.30. The fourth-order valence-electron chi connectivity index (χ4n) is 0.881. The Bertz CT molecular complexity index is 357. The first kappa shape index (κ1) is 10.6. The summed E-state index contributed by atoms with van der Waals surface area (Å²) in [4.78, 5) is 9.94. The molecule has 0 spiro atoms. The molecule has 3 nitrogen and oxygen atoms in total. The molecule has 1 rings (SSSR count). The Balaban J connectivity index is 3.38. The van der Waals surface area contributed by atoms with Crippen molar-refractivity contribution in [2.75, 3.05) is 0 Å². The standard InChI is InChI=1S/C7H4Br2FNO2/c8-3-4-6(11(12)13)2-1-5(10)7(4)9/h1-2H,3H2. The molecule has 0 saturated carbocycles. The number of rotatable bonds is 2. The summed E-state index contributed by atoms with van der Waals surface area (Å²) >= 11 is 6.01. The van der Waals surface area contributed by atoms with Crippen molar-refractivity contribution in [3.05, 3.63) is 38.1 Å². The highest BCUT2D eigenvalue weighted by atomic mass is 79.9. The average molecular weight is 313 g/mol. The van der Waals surface area contributed by atoms with Crippen LogP contribution in [0.2, 0.25) is 0 Å². The van der Waals surface area contributed by atoms with Crippen molar-refractivity contribution in [3.63, 3.8) is 0 Å². The van der Waals surface area contributed by atoms with Crippen LogP contribution in [0.25, 0.3) is 0 Å². The molecule has 0 unspecified atom stereocenters. The molecule has 1 aromatic carbocycles. The molecule has 0 saturated heterocycles. The molecule has 6 heteroatoms. The topological polar surface area (TPSA) is 43.1 Å². The van der Waals surface area contributed by atoms with E-state index in [4.69, 9.17) is 0 Å². The summed E-state index contributed by atoms with van der Waals surface area (Å²) in [5.74, 6) is -0.500. The Labute approximate surface area is 90.3 Å². The summed E-state index contributed by atoms with van der Waals surface area (Å²) in [5, 5.41) is 10.7. The molecule has 0 fully saturated rings. The van der Waals surface area contributed by atoms with Crippen LogP contribution in [0.5, 0.6) is 0 Å². The SMILES string of the molecule is O=[N+]([O-])c1ccc(F)c(Br)c1CBr. The maximum Gasteiger partial charge on any atom is 0.274 e. The van der Waals surface area contributed by atoms with E-state index in [1.165, 1.54) is 0 Å². The maximum absolute atomic E-state index is 12.9. The van der Waals surface area contributed by atoms with Crippen LogP contribution < -0.4 is 0 Å². The summed E-state index contributed by atoms with van der Waals surface area (Å²) in [6.07, 6.45) is 0. The van der Waals surface area contributed by atoms with E-state index < -0.39 is 10.7 Å². The van der Waals surface area contributed by atoms with Gasteiger partial charge in [-0.25, -0.2) is 4.39 Å². The van der Waals surface area contributed by atoms with Gasteiger partial charge in [0, 0.05) is 11.4 Å². The number of benzene rings is 1. The largest absolute Gasteiger partial charge is 0.274 e. The van der Waals surface area contributed by atoms with Crippen molar-refractivity contribution < 1.29 is 9.31 Å². The van der Waals surface area contributed by atoms with Gasteiger partial charge in [-0.05, 0) is 22.0 Å². The predicted molar refractivity (Wildman–Crippen MR) is 53.4 cm³/mol.